The summed E-state index contributed by atoms with van der Waals surface area (Å²) < 4.78 is 0. The van der Waals surface area contributed by atoms with Gasteiger partial charge in [-0.25, -0.2) is 4.98 Å². The van der Waals surface area contributed by atoms with Crippen LogP contribution in [0.5, 0.6) is 0 Å². The van der Waals surface area contributed by atoms with E-state index in [4.69, 9.17) is 6.42 Å². The van der Waals surface area contributed by atoms with Gasteiger partial charge in [0.15, 0.2) is 5.82 Å². The summed E-state index contributed by atoms with van der Waals surface area (Å²) in [5.74, 6) is 4.01. The van der Waals surface area contributed by atoms with E-state index in [9.17, 15) is 4.79 Å². The normalized spacial score (nSPS) is 19.2. The maximum absolute atomic E-state index is 12.4. The molecule has 5 heteroatoms. The van der Waals surface area contributed by atoms with Gasteiger partial charge in [-0.3, -0.25) is 4.79 Å². The Balaban J connectivity index is 2.05. The number of terminal acetylenes is 1. The van der Waals surface area contributed by atoms with E-state index in [1.807, 2.05) is 12.2 Å². The molecule has 110 valence electrons. The van der Waals surface area contributed by atoms with Crippen molar-refractivity contribution in [2.24, 2.45) is 5.92 Å². The molecule has 0 amide bonds. The lowest BCUT2D eigenvalue weighted by Crippen LogP contribution is -2.84. The Hall–Kier alpha value is -1.64. The fourth-order valence-corrected chi connectivity index (χ4v) is 4.33. The minimum absolute atomic E-state index is 0.00279. The second-order valence-corrected chi connectivity index (χ2v) is 7.00. The number of thiophene rings is 1. The molecule has 0 bridgehead atoms. The van der Waals surface area contributed by atoms with E-state index < -0.39 is 0 Å². The summed E-state index contributed by atoms with van der Waals surface area (Å²) in [6.07, 6.45) is 8.51. The molecule has 1 aliphatic rings. The Labute approximate surface area is 128 Å². The van der Waals surface area contributed by atoms with Crippen LogP contribution in [-0.2, 0) is 12.8 Å². The number of quaternary nitrogens is 1. The first kappa shape index (κ1) is 14.3. The summed E-state index contributed by atoms with van der Waals surface area (Å²) in [6.45, 7) is 4.87. The van der Waals surface area contributed by atoms with Gasteiger partial charge in [-0.1, -0.05) is 6.92 Å². The molecule has 4 nitrogen and oxygen atoms in total. The Morgan fingerprint density at radius 1 is 1.62 bits per heavy atom. The number of nitrogens with two attached hydrogens (primary N) is 1. The summed E-state index contributed by atoms with van der Waals surface area (Å²) in [5.41, 5.74) is 1.23. The van der Waals surface area contributed by atoms with Crippen LogP contribution in [0.3, 0.4) is 0 Å². The molecule has 2 heterocycles. The quantitative estimate of drug-likeness (QED) is 0.841. The number of aromatic nitrogens is 2. The minimum atomic E-state index is 0.00279. The monoisotopic (exact) mass is 302 g/mol. The van der Waals surface area contributed by atoms with Gasteiger partial charge >= 0.3 is 0 Å². The van der Waals surface area contributed by atoms with Gasteiger partial charge in [0, 0.05) is 4.88 Å². The van der Waals surface area contributed by atoms with Crippen molar-refractivity contribution in [3.63, 3.8) is 0 Å². The highest BCUT2D eigenvalue weighted by atomic mass is 32.1. The maximum atomic E-state index is 12.4. The van der Waals surface area contributed by atoms with E-state index in [2.05, 4.69) is 22.8 Å². The Bertz CT molecular complexity index is 768. The van der Waals surface area contributed by atoms with E-state index in [1.54, 1.807) is 11.3 Å². The zero-order valence-electron chi connectivity index (χ0n) is 12.4. The van der Waals surface area contributed by atoms with E-state index in [1.165, 1.54) is 10.4 Å². The number of aryl methyl sites for hydroxylation is 1. The second-order valence-electron chi connectivity index (χ2n) is 5.92. The number of aromatic amines is 1. The molecular formula is C16H20N3OS+. The van der Waals surface area contributed by atoms with Gasteiger partial charge in [-0.2, -0.15) is 0 Å². The molecule has 0 unspecified atom stereocenters. The highest BCUT2D eigenvalue weighted by molar-refractivity contribution is 7.18. The predicted octanol–water partition coefficient (Wildman–Crippen LogP) is 1.37. The van der Waals surface area contributed by atoms with Crippen LogP contribution < -0.4 is 10.9 Å². The molecule has 1 aliphatic carbocycles. The van der Waals surface area contributed by atoms with E-state index in [0.717, 1.165) is 35.3 Å². The summed E-state index contributed by atoms with van der Waals surface area (Å²) in [5, 5.41) is 2.81. The summed E-state index contributed by atoms with van der Waals surface area (Å²) >= 11 is 1.69. The van der Waals surface area contributed by atoms with E-state index in [0.29, 0.717) is 12.5 Å². The van der Waals surface area contributed by atoms with Crippen molar-refractivity contribution in [3.8, 4) is 12.3 Å². The molecule has 2 aromatic rings. The zero-order chi connectivity index (χ0) is 15.0. The fourth-order valence-electron chi connectivity index (χ4n) is 2.94. The summed E-state index contributed by atoms with van der Waals surface area (Å²) in [7, 11) is 0. The van der Waals surface area contributed by atoms with E-state index >= 15 is 0 Å². The molecule has 0 aromatic carbocycles. The zero-order valence-corrected chi connectivity index (χ0v) is 13.2. The topological polar surface area (TPSA) is 62.4 Å². The molecule has 3 rings (SSSR count). The highest BCUT2D eigenvalue weighted by Gasteiger charge is 2.24. The third kappa shape index (κ3) is 2.61. The molecular weight excluding hydrogens is 282 g/mol. The number of H-pyrrole nitrogens is 1. The summed E-state index contributed by atoms with van der Waals surface area (Å²) in [4.78, 5) is 22.3. The first-order valence-corrected chi connectivity index (χ1v) is 8.23. The molecule has 2 aromatic heterocycles. The Morgan fingerprint density at radius 3 is 3.19 bits per heavy atom. The van der Waals surface area contributed by atoms with Gasteiger partial charge in [0.25, 0.3) is 5.56 Å². The lowest BCUT2D eigenvalue weighted by atomic mass is 9.89. The van der Waals surface area contributed by atoms with Crippen molar-refractivity contribution >= 4 is 21.6 Å². The number of rotatable bonds is 3. The lowest BCUT2D eigenvalue weighted by molar-refractivity contribution is -0.683. The van der Waals surface area contributed by atoms with Gasteiger partial charge in [-0.05, 0) is 43.6 Å². The average Bonchev–Trinajstić information content (AvgIpc) is 2.82. The molecule has 0 aliphatic heterocycles. The number of nitrogens with one attached hydrogen (secondary N) is 1. The van der Waals surface area contributed by atoms with Crippen molar-refractivity contribution in [1.29, 1.82) is 0 Å². The molecule has 3 N–H and O–H groups in total. The van der Waals surface area contributed by atoms with Crippen molar-refractivity contribution in [2.75, 3.05) is 6.54 Å². The molecule has 0 fully saturated rings. The van der Waals surface area contributed by atoms with E-state index in [-0.39, 0.29) is 11.6 Å². The smallest absolute Gasteiger partial charge is 0.260 e. The SMILES string of the molecule is C#CC[NH2+][C@@H](C)c1nc2sc3c(c2c(=O)[nH]1)CC[C@@H](C)C3. The average molecular weight is 302 g/mol. The minimum Gasteiger partial charge on any atom is -0.328 e. The fraction of sp³-hybridized carbons (Fsp3) is 0.500. The number of nitrogens with zero attached hydrogens (tertiary/aromatic N) is 1. The van der Waals surface area contributed by atoms with Crippen LogP contribution in [0.2, 0.25) is 0 Å². The standard InChI is InChI=1S/C16H19N3OS/c1-4-7-17-10(3)14-18-15(20)13-11-6-5-9(2)8-12(11)21-16(13)19-14/h1,9-10,17H,5-8H2,2-3H3,(H,18,19,20)/p+1/t9-,10+/m1/s1. The summed E-state index contributed by atoms with van der Waals surface area (Å²) in [6, 6.07) is 0.0659. The lowest BCUT2D eigenvalue weighted by Gasteiger charge is -2.17. The Morgan fingerprint density at radius 2 is 2.43 bits per heavy atom. The predicted molar refractivity (Wildman–Crippen MR) is 85.5 cm³/mol. The van der Waals surface area contributed by atoms with Crippen LogP contribution in [0.25, 0.3) is 10.2 Å². The molecule has 21 heavy (non-hydrogen) atoms. The molecule has 0 saturated heterocycles. The van der Waals surface area contributed by atoms with Crippen molar-refractivity contribution in [3.05, 3.63) is 26.6 Å². The van der Waals surface area contributed by atoms with Gasteiger partial charge < -0.3 is 10.3 Å². The first-order chi connectivity index (χ1) is 10.1. The molecule has 0 radical (unpaired) electrons. The highest BCUT2D eigenvalue weighted by Crippen LogP contribution is 2.35. The first-order valence-electron chi connectivity index (χ1n) is 7.41. The van der Waals surface area contributed by atoms with Crippen LogP contribution in [-0.4, -0.2) is 16.5 Å². The van der Waals surface area contributed by atoms with Crippen molar-refractivity contribution in [1.82, 2.24) is 9.97 Å². The third-order valence-electron chi connectivity index (χ3n) is 4.20. The van der Waals surface area contributed by atoms with Crippen LogP contribution in [0.15, 0.2) is 4.79 Å². The largest absolute Gasteiger partial charge is 0.328 e. The second kappa shape index (κ2) is 5.63. The number of hydrogen-bond acceptors (Lipinski definition) is 3. The maximum Gasteiger partial charge on any atom is 0.260 e. The van der Waals surface area contributed by atoms with Crippen LogP contribution in [0.4, 0.5) is 0 Å². The van der Waals surface area contributed by atoms with Crippen LogP contribution in [0, 0.1) is 18.3 Å². The molecule has 0 spiro atoms. The number of fused-ring (bicyclic) bond motifs is 3. The third-order valence-corrected chi connectivity index (χ3v) is 5.35. The molecule has 2 atom stereocenters. The van der Waals surface area contributed by atoms with Gasteiger partial charge in [0.1, 0.15) is 17.4 Å². The van der Waals surface area contributed by atoms with Crippen molar-refractivity contribution in [2.45, 2.75) is 39.2 Å². The van der Waals surface area contributed by atoms with Gasteiger partial charge in [0.2, 0.25) is 0 Å². The van der Waals surface area contributed by atoms with Crippen LogP contribution >= 0.6 is 11.3 Å². The van der Waals surface area contributed by atoms with Gasteiger partial charge in [0.05, 0.1) is 5.39 Å². The number of hydrogen-bond donors (Lipinski definition) is 2. The Kier molecular flexibility index (Phi) is 3.83. The molecule has 0 saturated carbocycles. The van der Waals surface area contributed by atoms with Crippen molar-refractivity contribution < 1.29 is 5.32 Å². The van der Waals surface area contributed by atoms with Crippen LogP contribution in [0.1, 0.15) is 42.6 Å². The van der Waals surface area contributed by atoms with Gasteiger partial charge in [-0.15, -0.1) is 17.8 Å².